The molecule has 0 saturated heterocycles. The van der Waals surface area contributed by atoms with Gasteiger partial charge in [-0.1, -0.05) is 18.2 Å². The standard InChI is InChI=1S/C17H16N2O3S/c1-12-11-23-15(19-12)9-18-17(20)16-13(7-8-21-16)10-22-14-5-3-2-4-6-14/h2-8,11H,9-10H2,1H3,(H,18,20). The molecule has 0 aliphatic rings. The van der Waals surface area contributed by atoms with Gasteiger partial charge >= 0.3 is 0 Å². The summed E-state index contributed by atoms with van der Waals surface area (Å²) in [7, 11) is 0. The smallest absolute Gasteiger partial charge is 0.287 e. The lowest BCUT2D eigenvalue weighted by atomic mass is 10.2. The Morgan fingerprint density at radius 1 is 1.30 bits per heavy atom. The molecule has 0 aliphatic heterocycles. The van der Waals surface area contributed by atoms with Crippen LogP contribution in [0.4, 0.5) is 0 Å². The van der Waals surface area contributed by atoms with Crippen LogP contribution in [0.1, 0.15) is 26.8 Å². The van der Waals surface area contributed by atoms with Crippen LogP contribution in [0.3, 0.4) is 0 Å². The first kappa shape index (κ1) is 15.3. The van der Waals surface area contributed by atoms with Crippen LogP contribution in [-0.4, -0.2) is 10.9 Å². The maximum atomic E-state index is 12.2. The Bertz CT molecular complexity index is 780. The summed E-state index contributed by atoms with van der Waals surface area (Å²) >= 11 is 1.52. The number of aryl methyl sites for hydroxylation is 1. The van der Waals surface area contributed by atoms with E-state index in [1.54, 1.807) is 6.07 Å². The van der Waals surface area contributed by atoms with Gasteiger partial charge in [0.1, 0.15) is 17.4 Å². The third-order valence-corrected chi connectivity index (χ3v) is 4.12. The van der Waals surface area contributed by atoms with Crippen LogP contribution < -0.4 is 10.1 Å². The van der Waals surface area contributed by atoms with Crippen LogP contribution in [-0.2, 0) is 13.2 Å². The van der Waals surface area contributed by atoms with Gasteiger partial charge in [0.05, 0.1) is 12.8 Å². The van der Waals surface area contributed by atoms with Gasteiger partial charge in [-0.2, -0.15) is 0 Å². The SMILES string of the molecule is Cc1csc(CNC(=O)c2occc2COc2ccccc2)n1. The van der Waals surface area contributed by atoms with Gasteiger partial charge in [-0.15, -0.1) is 11.3 Å². The lowest BCUT2D eigenvalue weighted by Crippen LogP contribution is -2.23. The van der Waals surface area contributed by atoms with Crippen molar-refractivity contribution in [3.63, 3.8) is 0 Å². The van der Waals surface area contributed by atoms with Gasteiger partial charge in [0, 0.05) is 16.6 Å². The molecule has 5 nitrogen and oxygen atoms in total. The molecule has 1 aromatic carbocycles. The fourth-order valence-corrected chi connectivity index (χ4v) is 2.76. The lowest BCUT2D eigenvalue weighted by Gasteiger charge is -2.06. The van der Waals surface area contributed by atoms with E-state index in [9.17, 15) is 4.79 Å². The van der Waals surface area contributed by atoms with Crippen LogP contribution in [0.25, 0.3) is 0 Å². The number of hydrogen-bond donors (Lipinski definition) is 1. The van der Waals surface area contributed by atoms with Crippen molar-refractivity contribution < 1.29 is 13.9 Å². The summed E-state index contributed by atoms with van der Waals surface area (Å²) in [4.78, 5) is 16.5. The van der Waals surface area contributed by atoms with Crippen molar-refractivity contribution in [3.8, 4) is 5.75 Å². The highest BCUT2D eigenvalue weighted by Gasteiger charge is 2.16. The predicted octanol–water partition coefficient (Wildman–Crippen LogP) is 3.55. The van der Waals surface area contributed by atoms with E-state index in [4.69, 9.17) is 9.15 Å². The molecular weight excluding hydrogens is 312 g/mol. The molecule has 1 N–H and O–H groups in total. The molecule has 0 fully saturated rings. The van der Waals surface area contributed by atoms with Crippen molar-refractivity contribution in [2.24, 2.45) is 0 Å². The van der Waals surface area contributed by atoms with Crippen molar-refractivity contribution in [2.75, 3.05) is 0 Å². The summed E-state index contributed by atoms with van der Waals surface area (Å²) in [6.07, 6.45) is 1.49. The number of rotatable bonds is 6. The Balaban J connectivity index is 1.59. The van der Waals surface area contributed by atoms with Gasteiger partial charge in [0.15, 0.2) is 5.76 Å². The number of para-hydroxylation sites is 1. The Labute approximate surface area is 137 Å². The molecule has 0 spiro atoms. The number of nitrogens with one attached hydrogen (secondary N) is 1. The van der Waals surface area contributed by atoms with Gasteiger partial charge in [-0.05, 0) is 25.1 Å². The Hall–Kier alpha value is -2.60. The summed E-state index contributed by atoms with van der Waals surface area (Å²) in [6.45, 7) is 2.59. The van der Waals surface area contributed by atoms with Crippen molar-refractivity contribution in [1.82, 2.24) is 10.3 Å². The van der Waals surface area contributed by atoms with Gasteiger partial charge < -0.3 is 14.5 Å². The normalized spacial score (nSPS) is 10.5. The fourth-order valence-electron chi connectivity index (χ4n) is 2.05. The number of furan rings is 1. The van der Waals surface area contributed by atoms with Crippen LogP contribution >= 0.6 is 11.3 Å². The Morgan fingerprint density at radius 2 is 2.13 bits per heavy atom. The third-order valence-electron chi connectivity index (χ3n) is 3.16. The zero-order valence-electron chi connectivity index (χ0n) is 12.6. The number of aromatic nitrogens is 1. The summed E-state index contributed by atoms with van der Waals surface area (Å²) in [6, 6.07) is 11.2. The molecule has 118 valence electrons. The summed E-state index contributed by atoms with van der Waals surface area (Å²) < 4.78 is 11.0. The summed E-state index contributed by atoms with van der Waals surface area (Å²) in [5, 5.41) is 5.63. The fraction of sp³-hybridized carbons (Fsp3) is 0.176. The number of ether oxygens (including phenoxy) is 1. The molecule has 1 amide bonds. The zero-order chi connectivity index (χ0) is 16.1. The maximum absolute atomic E-state index is 12.2. The van der Waals surface area contributed by atoms with Crippen LogP contribution in [0.2, 0.25) is 0 Å². The van der Waals surface area contributed by atoms with E-state index >= 15 is 0 Å². The largest absolute Gasteiger partial charge is 0.489 e. The molecule has 2 heterocycles. The monoisotopic (exact) mass is 328 g/mol. The number of benzene rings is 1. The average molecular weight is 328 g/mol. The van der Waals surface area contributed by atoms with Crippen molar-refractivity contribution in [3.05, 3.63) is 70.1 Å². The van der Waals surface area contributed by atoms with Crippen molar-refractivity contribution >= 4 is 17.2 Å². The highest BCUT2D eigenvalue weighted by atomic mass is 32.1. The quantitative estimate of drug-likeness (QED) is 0.751. The first-order valence-electron chi connectivity index (χ1n) is 7.16. The minimum Gasteiger partial charge on any atom is -0.489 e. The van der Waals surface area contributed by atoms with E-state index < -0.39 is 0 Å². The second-order valence-electron chi connectivity index (χ2n) is 4.94. The number of carbonyl (C=O) groups excluding carboxylic acids is 1. The van der Waals surface area contributed by atoms with Crippen LogP contribution in [0.15, 0.2) is 52.5 Å². The molecule has 23 heavy (non-hydrogen) atoms. The van der Waals surface area contributed by atoms with E-state index in [0.717, 1.165) is 16.5 Å². The molecule has 0 unspecified atom stereocenters. The number of carbonyl (C=O) groups is 1. The van der Waals surface area contributed by atoms with E-state index in [2.05, 4.69) is 10.3 Å². The van der Waals surface area contributed by atoms with E-state index in [0.29, 0.717) is 12.1 Å². The molecule has 0 aliphatic carbocycles. The first-order chi connectivity index (χ1) is 11.2. The lowest BCUT2D eigenvalue weighted by molar-refractivity contribution is 0.0919. The highest BCUT2D eigenvalue weighted by Crippen LogP contribution is 2.16. The predicted molar refractivity (Wildman–Crippen MR) is 87.5 cm³/mol. The second kappa shape index (κ2) is 7.11. The molecular formula is C17H16N2O3S. The third kappa shape index (κ3) is 3.98. The molecule has 3 rings (SSSR count). The molecule has 0 radical (unpaired) electrons. The first-order valence-corrected chi connectivity index (χ1v) is 8.04. The number of amides is 1. The zero-order valence-corrected chi connectivity index (χ0v) is 13.4. The molecule has 6 heteroatoms. The van der Waals surface area contributed by atoms with Gasteiger partial charge in [0.25, 0.3) is 5.91 Å². The topological polar surface area (TPSA) is 64.4 Å². The molecule has 0 atom stereocenters. The van der Waals surface area contributed by atoms with Crippen LogP contribution in [0, 0.1) is 6.92 Å². The highest BCUT2D eigenvalue weighted by molar-refractivity contribution is 7.09. The van der Waals surface area contributed by atoms with E-state index in [1.807, 2.05) is 42.6 Å². The number of thiazole rings is 1. The molecule has 0 saturated carbocycles. The molecule has 3 aromatic rings. The van der Waals surface area contributed by atoms with Crippen molar-refractivity contribution in [1.29, 1.82) is 0 Å². The summed E-state index contributed by atoms with van der Waals surface area (Å²) in [5.41, 5.74) is 1.66. The van der Waals surface area contributed by atoms with Gasteiger partial charge in [-0.25, -0.2) is 4.98 Å². The molecule has 0 bridgehead atoms. The maximum Gasteiger partial charge on any atom is 0.287 e. The van der Waals surface area contributed by atoms with E-state index in [1.165, 1.54) is 17.6 Å². The van der Waals surface area contributed by atoms with Crippen molar-refractivity contribution in [2.45, 2.75) is 20.1 Å². The minimum absolute atomic E-state index is 0.269. The van der Waals surface area contributed by atoms with Gasteiger partial charge in [-0.3, -0.25) is 4.79 Å². The molecule has 2 aromatic heterocycles. The second-order valence-corrected chi connectivity index (χ2v) is 5.88. The summed E-state index contributed by atoms with van der Waals surface area (Å²) in [5.74, 6) is 0.752. The Kier molecular flexibility index (Phi) is 4.73. The van der Waals surface area contributed by atoms with Crippen LogP contribution in [0.5, 0.6) is 5.75 Å². The Morgan fingerprint density at radius 3 is 2.87 bits per heavy atom. The van der Waals surface area contributed by atoms with E-state index in [-0.39, 0.29) is 18.3 Å². The number of nitrogens with zero attached hydrogens (tertiary/aromatic N) is 1. The average Bonchev–Trinajstić information content (AvgIpc) is 3.20. The minimum atomic E-state index is -0.269. The number of hydrogen-bond acceptors (Lipinski definition) is 5. The van der Waals surface area contributed by atoms with Gasteiger partial charge in [0.2, 0.25) is 0 Å².